The maximum atomic E-state index is 13.6. The van der Waals surface area contributed by atoms with Crippen molar-refractivity contribution in [3.63, 3.8) is 0 Å². The fourth-order valence-corrected chi connectivity index (χ4v) is 2.44. The van der Waals surface area contributed by atoms with Gasteiger partial charge in [-0.05, 0) is 42.5 Å². The van der Waals surface area contributed by atoms with E-state index in [1.807, 2.05) is 6.07 Å². The topological polar surface area (TPSA) is 23.5 Å². The van der Waals surface area contributed by atoms with Crippen LogP contribution in [-0.4, -0.2) is 29.2 Å². The Balaban J connectivity index is 2.12. The van der Waals surface area contributed by atoms with Crippen molar-refractivity contribution in [3.8, 4) is 11.8 Å². The molecule has 0 aliphatic heterocycles. The molecule has 0 saturated heterocycles. The smallest absolute Gasteiger partial charge is 0.124 e. The molecule has 3 heteroatoms. The van der Waals surface area contributed by atoms with Gasteiger partial charge in [0.2, 0.25) is 0 Å². The highest BCUT2D eigenvalue weighted by Gasteiger charge is 2.29. The summed E-state index contributed by atoms with van der Waals surface area (Å²) in [7, 11) is 0. The molecule has 20 heavy (non-hydrogen) atoms. The van der Waals surface area contributed by atoms with Crippen LogP contribution >= 0.6 is 0 Å². The van der Waals surface area contributed by atoms with Gasteiger partial charge in [-0.2, -0.15) is 0 Å². The number of halogens is 1. The van der Waals surface area contributed by atoms with Crippen molar-refractivity contribution in [3.05, 3.63) is 35.1 Å². The average Bonchev–Trinajstić information content (AvgIpc) is 3.18. The lowest BCUT2D eigenvalue weighted by atomic mass is 10.1. The van der Waals surface area contributed by atoms with Gasteiger partial charge in [0.05, 0.1) is 0 Å². The minimum atomic E-state index is -0.259. The second-order valence-electron chi connectivity index (χ2n) is 5.86. The van der Waals surface area contributed by atoms with Crippen LogP contribution in [0.15, 0.2) is 18.2 Å². The highest BCUT2D eigenvalue weighted by Crippen LogP contribution is 2.29. The highest BCUT2D eigenvalue weighted by atomic mass is 19.1. The van der Waals surface area contributed by atoms with E-state index in [0.717, 1.165) is 18.7 Å². The molecule has 1 saturated carbocycles. The molecule has 0 spiro atoms. The van der Waals surface area contributed by atoms with E-state index < -0.39 is 0 Å². The quantitative estimate of drug-likeness (QED) is 0.835. The Bertz CT molecular complexity index is 511. The molecule has 0 atom stereocenters. The Hall–Kier alpha value is -1.37. The Kier molecular flexibility index (Phi) is 5.17. The third kappa shape index (κ3) is 4.63. The summed E-state index contributed by atoms with van der Waals surface area (Å²) in [5.74, 6) is 5.69. The second kappa shape index (κ2) is 6.88. The van der Waals surface area contributed by atoms with Crippen LogP contribution < -0.4 is 0 Å². The third-order valence-electron chi connectivity index (χ3n) is 3.32. The van der Waals surface area contributed by atoms with Crippen molar-refractivity contribution in [1.82, 2.24) is 4.90 Å². The van der Waals surface area contributed by atoms with Gasteiger partial charge < -0.3 is 5.11 Å². The van der Waals surface area contributed by atoms with E-state index in [-0.39, 0.29) is 12.4 Å². The third-order valence-corrected chi connectivity index (χ3v) is 3.32. The predicted molar refractivity (Wildman–Crippen MR) is 78.6 cm³/mol. The van der Waals surface area contributed by atoms with Gasteiger partial charge in [0.1, 0.15) is 12.4 Å². The molecule has 0 aromatic heterocycles. The molecule has 108 valence electrons. The molecule has 0 heterocycles. The molecular weight excluding hydrogens is 253 g/mol. The van der Waals surface area contributed by atoms with Crippen LogP contribution in [0.1, 0.15) is 37.8 Å². The van der Waals surface area contributed by atoms with Crippen molar-refractivity contribution in [2.75, 3.05) is 13.2 Å². The van der Waals surface area contributed by atoms with Crippen molar-refractivity contribution in [2.45, 2.75) is 39.3 Å². The summed E-state index contributed by atoms with van der Waals surface area (Å²) in [6.45, 7) is 6.03. The lowest BCUT2D eigenvalue weighted by Gasteiger charge is -2.24. The summed E-state index contributed by atoms with van der Waals surface area (Å²) in [6, 6.07) is 5.57. The van der Waals surface area contributed by atoms with E-state index in [4.69, 9.17) is 5.11 Å². The summed E-state index contributed by atoms with van der Waals surface area (Å²) in [4.78, 5) is 2.43. The van der Waals surface area contributed by atoms with Crippen LogP contribution in [0.4, 0.5) is 4.39 Å². The summed E-state index contributed by atoms with van der Waals surface area (Å²) in [6.07, 6.45) is 2.50. The molecule has 1 aliphatic carbocycles. The van der Waals surface area contributed by atoms with E-state index in [0.29, 0.717) is 17.5 Å². The number of benzene rings is 1. The van der Waals surface area contributed by atoms with Crippen LogP contribution in [0.3, 0.4) is 0 Å². The van der Waals surface area contributed by atoms with Crippen LogP contribution in [0.5, 0.6) is 0 Å². The fourth-order valence-electron chi connectivity index (χ4n) is 2.44. The maximum Gasteiger partial charge on any atom is 0.124 e. The van der Waals surface area contributed by atoms with Gasteiger partial charge >= 0.3 is 0 Å². The molecule has 1 fully saturated rings. The summed E-state index contributed by atoms with van der Waals surface area (Å²) >= 11 is 0. The minimum absolute atomic E-state index is 0.201. The molecular formula is C17H22FNO. The zero-order valence-corrected chi connectivity index (χ0v) is 12.2. The number of hydrogen-bond acceptors (Lipinski definition) is 2. The van der Waals surface area contributed by atoms with Crippen molar-refractivity contribution in [2.24, 2.45) is 5.92 Å². The molecule has 0 unspecified atom stereocenters. The molecule has 0 bridgehead atoms. The monoisotopic (exact) mass is 275 g/mol. The fraction of sp³-hybridized carbons (Fsp3) is 0.529. The molecule has 1 aromatic rings. The van der Waals surface area contributed by atoms with Gasteiger partial charge in [0, 0.05) is 24.7 Å². The predicted octanol–water partition coefficient (Wildman–Crippen LogP) is 2.79. The first-order valence-corrected chi connectivity index (χ1v) is 7.21. The standard InChI is InChI=1S/C17H22FNO/c1-13(2)11-19(17-5-6-17)12-15-8-14(4-3-7-20)9-16(18)10-15/h8-10,13,17,20H,5-7,11-12H2,1-2H3. The van der Waals surface area contributed by atoms with E-state index >= 15 is 0 Å². The van der Waals surface area contributed by atoms with Gasteiger partial charge in [-0.15, -0.1) is 0 Å². The van der Waals surface area contributed by atoms with E-state index in [1.165, 1.54) is 18.9 Å². The van der Waals surface area contributed by atoms with E-state index in [2.05, 4.69) is 30.6 Å². The van der Waals surface area contributed by atoms with Gasteiger partial charge in [-0.25, -0.2) is 4.39 Å². The summed E-state index contributed by atoms with van der Waals surface area (Å²) in [5.41, 5.74) is 1.59. The normalized spacial score (nSPS) is 14.5. The molecule has 2 rings (SSSR count). The van der Waals surface area contributed by atoms with Crippen molar-refractivity contribution < 1.29 is 9.50 Å². The summed E-state index contributed by atoms with van der Waals surface area (Å²) < 4.78 is 13.6. The Labute approximate surface area is 120 Å². The minimum Gasteiger partial charge on any atom is -0.384 e. The van der Waals surface area contributed by atoms with Gasteiger partial charge in [-0.3, -0.25) is 4.90 Å². The largest absolute Gasteiger partial charge is 0.384 e. The number of aliphatic hydroxyl groups excluding tert-OH is 1. The SMILES string of the molecule is CC(C)CN(Cc1cc(F)cc(C#CCO)c1)C1CC1. The van der Waals surface area contributed by atoms with E-state index in [9.17, 15) is 4.39 Å². The van der Waals surface area contributed by atoms with Crippen LogP contribution in [0, 0.1) is 23.6 Å². The second-order valence-corrected chi connectivity index (χ2v) is 5.86. The zero-order chi connectivity index (χ0) is 14.5. The first kappa shape index (κ1) is 15.0. The number of hydrogen-bond donors (Lipinski definition) is 1. The maximum absolute atomic E-state index is 13.6. The van der Waals surface area contributed by atoms with Gasteiger partial charge in [-0.1, -0.05) is 25.7 Å². The molecule has 2 nitrogen and oxygen atoms in total. The van der Waals surface area contributed by atoms with Gasteiger partial charge in [0.15, 0.2) is 0 Å². The Morgan fingerprint density at radius 2 is 2.10 bits per heavy atom. The number of aliphatic hydroxyl groups is 1. The van der Waals surface area contributed by atoms with Crippen molar-refractivity contribution in [1.29, 1.82) is 0 Å². The Morgan fingerprint density at radius 1 is 1.35 bits per heavy atom. The van der Waals surface area contributed by atoms with Gasteiger partial charge in [0.25, 0.3) is 0 Å². The zero-order valence-electron chi connectivity index (χ0n) is 12.2. The average molecular weight is 275 g/mol. The van der Waals surface area contributed by atoms with Crippen LogP contribution in [0.2, 0.25) is 0 Å². The van der Waals surface area contributed by atoms with E-state index in [1.54, 1.807) is 6.07 Å². The lowest BCUT2D eigenvalue weighted by molar-refractivity contribution is 0.226. The molecule has 0 amide bonds. The summed E-state index contributed by atoms with van der Waals surface area (Å²) in [5, 5.41) is 8.72. The number of rotatable bonds is 5. The first-order valence-electron chi connectivity index (χ1n) is 7.21. The van der Waals surface area contributed by atoms with Crippen molar-refractivity contribution >= 4 is 0 Å². The molecule has 1 N–H and O–H groups in total. The highest BCUT2D eigenvalue weighted by molar-refractivity contribution is 5.37. The number of nitrogens with zero attached hydrogens (tertiary/aromatic N) is 1. The molecule has 1 aromatic carbocycles. The first-order chi connectivity index (χ1) is 9.58. The Morgan fingerprint density at radius 3 is 2.70 bits per heavy atom. The van der Waals surface area contributed by atoms with Crippen LogP contribution in [-0.2, 0) is 6.54 Å². The lowest BCUT2D eigenvalue weighted by Crippen LogP contribution is -2.29. The van der Waals surface area contributed by atoms with Crippen LogP contribution in [0.25, 0.3) is 0 Å². The molecule has 1 aliphatic rings. The molecule has 0 radical (unpaired) electrons.